The zero-order valence-electron chi connectivity index (χ0n) is 10.3. The lowest BCUT2D eigenvalue weighted by molar-refractivity contribution is 0.0686. The number of carbonyl (C=O) groups is 1. The van der Waals surface area contributed by atoms with Crippen molar-refractivity contribution >= 4 is 11.7 Å². The van der Waals surface area contributed by atoms with Crippen LogP contribution in [0.1, 0.15) is 10.5 Å². The van der Waals surface area contributed by atoms with Crippen LogP contribution in [0.15, 0.2) is 28.8 Å². The van der Waals surface area contributed by atoms with E-state index in [4.69, 9.17) is 14.4 Å². The second-order valence-corrected chi connectivity index (χ2v) is 4.31. The second kappa shape index (κ2) is 4.31. The third kappa shape index (κ3) is 1.91. The molecule has 0 amide bonds. The fraction of sp³-hybridized carbons (Fsp3) is 0.231. The van der Waals surface area contributed by atoms with Gasteiger partial charge >= 0.3 is 5.97 Å². The number of aromatic carboxylic acids is 1. The molecule has 1 aromatic carbocycles. The number of para-hydroxylation sites is 1. The Kier molecular flexibility index (Phi) is 2.63. The van der Waals surface area contributed by atoms with Gasteiger partial charge in [0.25, 0.3) is 0 Å². The van der Waals surface area contributed by atoms with Crippen LogP contribution < -0.4 is 9.64 Å². The fourth-order valence-corrected chi connectivity index (χ4v) is 2.08. The number of hydrogen-bond acceptors (Lipinski definition) is 5. The van der Waals surface area contributed by atoms with E-state index >= 15 is 0 Å². The summed E-state index contributed by atoms with van der Waals surface area (Å²) in [5.74, 6) is -0.0216. The highest BCUT2D eigenvalue weighted by Gasteiger charge is 2.22. The molecular weight excluding hydrogens is 248 g/mol. The van der Waals surface area contributed by atoms with Crippen LogP contribution in [0, 0.1) is 0 Å². The third-order valence-electron chi connectivity index (χ3n) is 3.07. The summed E-state index contributed by atoms with van der Waals surface area (Å²) in [6.07, 6.45) is 0. The monoisotopic (exact) mass is 260 g/mol. The molecule has 0 saturated heterocycles. The first-order valence-corrected chi connectivity index (χ1v) is 5.84. The Hall–Kier alpha value is -2.50. The van der Waals surface area contributed by atoms with E-state index in [0.29, 0.717) is 23.7 Å². The summed E-state index contributed by atoms with van der Waals surface area (Å²) in [7, 11) is 1.98. The van der Waals surface area contributed by atoms with Crippen LogP contribution in [0.3, 0.4) is 0 Å². The molecule has 1 aromatic heterocycles. The second-order valence-electron chi connectivity index (χ2n) is 4.31. The number of anilines is 1. The van der Waals surface area contributed by atoms with E-state index in [1.165, 1.54) is 6.07 Å². The van der Waals surface area contributed by atoms with Gasteiger partial charge in [0.15, 0.2) is 17.2 Å². The van der Waals surface area contributed by atoms with Gasteiger partial charge in [-0.2, -0.15) is 0 Å². The zero-order valence-corrected chi connectivity index (χ0v) is 10.3. The first kappa shape index (κ1) is 11.6. The lowest BCUT2D eigenvalue weighted by atomic mass is 10.1. The van der Waals surface area contributed by atoms with Crippen molar-refractivity contribution < 1.29 is 19.2 Å². The molecule has 0 bridgehead atoms. The molecule has 0 saturated carbocycles. The Morgan fingerprint density at radius 2 is 2.32 bits per heavy atom. The first-order chi connectivity index (χ1) is 9.16. The molecule has 98 valence electrons. The lowest BCUT2D eigenvalue weighted by Gasteiger charge is -2.28. The molecule has 0 spiro atoms. The highest BCUT2D eigenvalue weighted by molar-refractivity contribution is 5.87. The van der Waals surface area contributed by atoms with Gasteiger partial charge in [0.05, 0.1) is 17.8 Å². The van der Waals surface area contributed by atoms with E-state index in [1.54, 1.807) is 0 Å². The van der Waals surface area contributed by atoms with Crippen molar-refractivity contribution in [3.05, 3.63) is 30.0 Å². The average molecular weight is 260 g/mol. The zero-order chi connectivity index (χ0) is 13.4. The molecule has 2 aromatic rings. The predicted octanol–water partition coefficient (Wildman–Crippen LogP) is 1.87. The van der Waals surface area contributed by atoms with Crippen molar-refractivity contribution in [3.8, 4) is 17.1 Å². The number of ether oxygens (including phenoxy) is 1. The van der Waals surface area contributed by atoms with Crippen molar-refractivity contribution in [2.75, 3.05) is 25.1 Å². The minimum absolute atomic E-state index is 0.114. The van der Waals surface area contributed by atoms with Gasteiger partial charge < -0.3 is 19.3 Å². The largest absolute Gasteiger partial charge is 0.489 e. The van der Waals surface area contributed by atoms with Crippen LogP contribution in [0.5, 0.6) is 5.75 Å². The quantitative estimate of drug-likeness (QED) is 0.888. The molecule has 0 aliphatic carbocycles. The van der Waals surface area contributed by atoms with E-state index in [-0.39, 0.29) is 5.69 Å². The standard InChI is InChI=1S/C13H12N2O4/c1-15-5-6-18-12-8(3-2-4-10(12)15)11-7-9(13(16)17)14-19-11/h2-4,7H,5-6H2,1H3,(H,16,17). The van der Waals surface area contributed by atoms with Gasteiger partial charge in [-0.05, 0) is 12.1 Å². The smallest absolute Gasteiger partial charge is 0.358 e. The number of rotatable bonds is 2. The van der Waals surface area contributed by atoms with E-state index in [0.717, 1.165) is 12.2 Å². The molecule has 19 heavy (non-hydrogen) atoms. The van der Waals surface area contributed by atoms with E-state index in [1.807, 2.05) is 25.2 Å². The van der Waals surface area contributed by atoms with Gasteiger partial charge in [-0.3, -0.25) is 0 Å². The molecule has 0 atom stereocenters. The van der Waals surface area contributed by atoms with Crippen LogP contribution in [-0.2, 0) is 0 Å². The van der Waals surface area contributed by atoms with Gasteiger partial charge in [-0.15, -0.1) is 0 Å². The molecule has 1 aliphatic heterocycles. The van der Waals surface area contributed by atoms with Crippen LogP contribution in [0.25, 0.3) is 11.3 Å². The molecule has 6 heteroatoms. The maximum atomic E-state index is 10.8. The maximum Gasteiger partial charge on any atom is 0.358 e. The highest BCUT2D eigenvalue weighted by atomic mass is 16.5. The minimum Gasteiger partial charge on any atom is -0.489 e. The van der Waals surface area contributed by atoms with Gasteiger partial charge in [0.2, 0.25) is 0 Å². The topological polar surface area (TPSA) is 75.8 Å². The minimum atomic E-state index is -1.11. The number of nitrogens with zero attached hydrogens (tertiary/aromatic N) is 2. The number of benzene rings is 1. The summed E-state index contributed by atoms with van der Waals surface area (Å²) < 4.78 is 10.8. The Morgan fingerprint density at radius 1 is 1.47 bits per heavy atom. The third-order valence-corrected chi connectivity index (χ3v) is 3.07. The lowest BCUT2D eigenvalue weighted by Crippen LogP contribution is -2.28. The fourth-order valence-electron chi connectivity index (χ4n) is 2.08. The summed E-state index contributed by atoms with van der Waals surface area (Å²) in [5.41, 5.74) is 1.55. The van der Waals surface area contributed by atoms with Gasteiger partial charge in [-0.25, -0.2) is 4.79 Å². The highest BCUT2D eigenvalue weighted by Crippen LogP contribution is 2.40. The molecule has 2 heterocycles. The van der Waals surface area contributed by atoms with Gasteiger partial charge in [0.1, 0.15) is 6.61 Å². The molecule has 1 aliphatic rings. The number of fused-ring (bicyclic) bond motifs is 1. The summed E-state index contributed by atoms with van der Waals surface area (Å²) in [5, 5.41) is 12.4. The number of hydrogen-bond donors (Lipinski definition) is 1. The van der Waals surface area contributed by atoms with Crippen LogP contribution >= 0.6 is 0 Å². The number of carboxylic acid groups (broad SMARTS) is 1. The Balaban J connectivity index is 2.09. The number of likely N-dealkylation sites (N-methyl/N-ethyl adjacent to an activating group) is 1. The molecule has 1 N–H and O–H groups in total. The summed E-state index contributed by atoms with van der Waals surface area (Å²) in [6, 6.07) is 7.05. The SMILES string of the molecule is CN1CCOc2c(-c3cc(C(=O)O)no3)cccc21. The van der Waals surface area contributed by atoms with Crippen LogP contribution in [0.4, 0.5) is 5.69 Å². The number of carboxylic acids is 1. The molecule has 0 fully saturated rings. The van der Waals surface area contributed by atoms with Crippen molar-refractivity contribution in [2.24, 2.45) is 0 Å². The summed E-state index contributed by atoms with van der Waals surface area (Å²) >= 11 is 0. The summed E-state index contributed by atoms with van der Waals surface area (Å²) in [6.45, 7) is 1.40. The van der Waals surface area contributed by atoms with Crippen molar-refractivity contribution in [1.82, 2.24) is 5.16 Å². The molecule has 6 nitrogen and oxygen atoms in total. The molecule has 0 unspecified atom stereocenters. The number of aromatic nitrogens is 1. The van der Waals surface area contributed by atoms with Gasteiger partial charge in [-0.1, -0.05) is 11.2 Å². The summed E-state index contributed by atoms with van der Waals surface area (Å²) in [4.78, 5) is 12.9. The van der Waals surface area contributed by atoms with E-state index in [2.05, 4.69) is 10.1 Å². The van der Waals surface area contributed by atoms with Crippen LogP contribution in [0.2, 0.25) is 0 Å². The van der Waals surface area contributed by atoms with Crippen molar-refractivity contribution in [2.45, 2.75) is 0 Å². The Bertz CT molecular complexity index is 635. The average Bonchev–Trinajstić information content (AvgIpc) is 2.88. The Morgan fingerprint density at radius 3 is 3.05 bits per heavy atom. The first-order valence-electron chi connectivity index (χ1n) is 5.84. The maximum absolute atomic E-state index is 10.8. The van der Waals surface area contributed by atoms with Gasteiger partial charge in [0, 0.05) is 13.1 Å². The van der Waals surface area contributed by atoms with E-state index < -0.39 is 5.97 Å². The van der Waals surface area contributed by atoms with Crippen LogP contribution in [-0.4, -0.2) is 36.4 Å². The molecular formula is C13H12N2O4. The molecule has 0 radical (unpaired) electrons. The van der Waals surface area contributed by atoms with Crippen molar-refractivity contribution in [3.63, 3.8) is 0 Å². The predicted molar refractivity (Wildman–Crippen MR) is 67.7 cm³/mol. The normalized spacial score (nSPS) is 13.8. The molecule has 3 rings (SSSR count). The van der Waals surface area contributed by atoms with Crippen molar-refractivity contribution in [1.29, 1.82) is 0 Å². The Labute approximate surface area is 109 Å². The van der Waals surface area contributed by atoms with E-state index in [9.17, 15) is 4.79 Å².